The quantitative estimate of drug-likeness (QED) is 0.851. The Morgan fingerprint density at radius 2 is 2.36 bits per heavy atom. The second-order valence-corrected chi connectivity index (χ2v) is 4.22. The maximum atomic E-state index is 5.05. The zero-order valence-electron chi connectivity index (χ0n) is 7.27. The van der Waals surface area contributed by atoms with Gasteiger partial charge in [-0.15, -0.1) is 0 Å². The van der Waals surface area contributed by atoms with Gasteiger partial charge < -0.3 is 4.57 Å². The molecule has 0 saturated heterocycles. The Balaban J connectivity index is 2.27. The van der Waals surface area contributed by atoms with Gasteiger partial charge in [-0.3, -0.25) is 5.10 Å². The topological polar surface area (TPSA) is 33.6 Å². The summed E-state index contributed by atoms with van der Waals surface area (Å²) in [7, 11) is 0. The summed E-state index contributed by atoms with van der Waals surface area (Å²) in [4.78, 5) is 0. The number of H-pyrrole nitrogens is 1. The zero-order valence-corrected chi connectivity index (χ0v) is 9.68. The maximum Gasteiger partial charge on any atom is 0.195 e. The first-order valence-corrected chi connectivity index (χ1v) is 5.30. The highest BCUT2D eigenvalue weighted by atomic mass is 79.9. The number of nitrogens with zero attached hydrogens (tertiary/aromatic N) is 2. The third kappa shape index (κ3) is 2.10. The van der Waals surface area contributed by atoms with Crippen molar-refractivity contribution in [2.45, 2.75) is 6.54 Å². The summed E-state index contributed by atoms with van der Waals surface area (Å²) in [6, 6.07) is 8.12. The molecular weight excluding hydrogens is 262 g/mol. The summed E-state index contributed by atoms with van der Waals surface area (Å²) in [5.41, 5.74) is 1.19. The van der Waals surface area contributed by atoms with E-state index in [1.807, 2.05) is 16.7 Å². The van der Waals surface area contributed by atoms with Gasteiger partial charge >= 0.3 is 0 Å². The molecule has 0 aliphatic rings. The molecular formula is C9H8BrN3S. The van der Waals surface area contributed by atoms with Gasteiger partial charge in [-0.05, 0) is 29.9 Å². The number of nitrogens with one attached hydrogen (secondary N) is 1. The molecule has 0 bridgehead atoms. The largest absolute Gasteiger partial charge is 0.302 e. The smallest absolute Gasteiger partial charge is 0.195 e. The van der Waals surface area contributed by atoms with Crippen LogP contribution >= 0.6 is 28.1 Å². The van der Waals surface area contributed by atoms with Gasteiger partial charge in [0.05, 0.1) is 6.54 Å². The fourth-order valence-corrected chi connectivity index (χ4v) is 1.83. The molecule has 0 unspecified atom stereocenters. The van der Waals surface area contributed by atoms with Crippen molar-refractivity contribution in [2.24, 2.45) is 0 Å². The van der Waals surface area contributed by atoms with E-state index >= 15 is 0 Å². The van der Waals surface area contributed by atoms with Crippen LogP contribution in [0, 0.1) is 4.77 Å². The summed E-state index contributed by atoms with van der Waals surface area (Å²) in [6.45, 7) is 0.745. The van der Waals surface area contributed by atoms with Crippen LogP contribution in [-0.4, -0.2) is 14.8 Å². The molecule has 0 fully saturated rings. The van der Waals surface area contributed by atoms with Gasteiger partial charge in [-0.25, -0.2) is 0 Å². The number of rotatable bonds is 2. The van der Waals surface area contributed by atoms with Crippen LogP contribution < -0.4 is 0 Å². The first-order chi connectivity index (χ1) is 6.75. The number of halogens is 1. The van der Waals surface area contributed by atoms with Crippen molar-refractivity contribution >= 4 is 28.1 Å². The molecule has 0 aliphatic carbocycles. The van der Waals surface area contributed by atoms with E-state index < -0.39 is 0 Å². The monoisotopic (exact) mass is 269 g/mol. The summed E-state index contributed by atoms with van der Waals surface area (Å²) >= 11 is 8.48. The molecule has 1 heterocycles. The lowest BCUT2D eigenvalue weighted by Crippen LogP contribution is -1.97. The van der Waals surface area contributed by atoms with Crippen molar-refractivity contribution in [1.29, 1.82) is 0 Å². The number of aromatic amines is 1. The number of hydrogen-bond donors (Lipinski definition) is 1. The maximum absolute atomic E-state index is 5.05. The van der Waals surface area contributed by atoms with E-state index in [-0.39, 0.29) is 0 Å². The van der Waals surface area contributed by atoms with Crippen LogP contribution in [0.1, 0.15) is 5.56 Å². The van der Waals surface area contributed by atoms with E-state index in [9.17, 15) is 0 Å². The second-order valence-electron chi connectivity index (χ2n) is 2.92. The lowest BCUT2D eigenvalue weighted by Gasteiger charge is -2.01. The molecule has 0 saturated carbocycles. The molecule has 0 radical (unpaired) electrons. The third-order valence-electron chi connectivity index (χ3n) is 1.86. The highest BCUT2D eigenvalue weighted by molar-refractivity contribution is 9.10. The molecule has 5 heteroatoms. The number of hydrogen-bond acceptors (Lipinski definition) is 2. The molecule has 14 heavy (non-hydrogen) atoms. The molecule has 0 amide bonds. The van der Waals surface area contributed by atoms with Crippen molar-refractivity contribution in [2.75, 3.05) is 0 Å². The SMILES string of the molecule is S=c1[nH]ncn1Cc1cccc(Br)c1. The molecule has 2 aromatic rings. The Bertz CT molecular complexity index is 489. The van der Waals surface area contributed by atoms with Crippen molar-refractivity contribution in [3.63, 3.8) is 0 Å². The highest BCUT2D eigenvalue weighted by Crippen LogP contribution is 2.12. The van der Waals surface area contributed by atoms with Gasteiger partial charge in [0.1, 0.15) is 6.33 Å². The molecule has 1 N–H and O–H groups in total. The van der Waals surface area contributed by atoms with Crippen molar-refractivity contribution < 1.29 is 0 Å². The minimum absolute atomic E-state index is 0.643. The number of aromatic nitrogens is 3. The molecule has 3 nitrogen and oxygen atoms in total. The van der Waals surface area contributed by atoms with Crippen LogP contribution in [0.25, 0.3) is 0 Å². The highest BCUT2D eigenvalue weighted by Gasteiger charge is 1.97. The fraction of sp³-hybridized carbons (Fsp3) is 0.111. The van der Waals surface area contributed by atoms with Crippen LogP contribution in [0.2, 0.25) is 0 Å². The van der Waals surface area contributed by atoms with Gasteiger partial charge in [-0.1, -0.05) is 28.1 Å². The minimum Gasteiger partial charge on any atom is -0.302 e. The van der Waals surface area contributed by atoms with E-state index in [4.69, 9.17) is 12.2 Å². The summed E-state index contributed by atoms with van der Waals surface area (Å²) in [5.74, 6) is 0. The first kappa shape index (κ1) is 9.61. The Labute approximate surface area is 94.9 Å². The standard InChI is InChI=1S/C9H8BrN3S/c10-8-3-1-2-7(4-8)5-13-6-11-12-9(13)14/h1-4,6H,5H2,(H,12,14). The van der Waals surface area contributed by atoms with Gasteiger partial charge in [0, 0.05) is 4.47 Å². The lowest BCUT2D eigenvalue weighted by atomic mass is 10.2. The molecule has 72 valence electrons. The Morgan fingerprint density at radius 1 is 1.50 bits per heavy atom. The van der Waals surface area contributed by atoms with E-state index in [1.165, 1.54) is 5.56 Å². The summed E-state index contributed by atoms with van der Waals surface area (Å²) in [6.07, 6.45) is 1.70. The van der Waals surface area contributed by atoms with Crippen LogP contribution in [0.5, 0.6) is 0 Å². The normalized spacial score (nSPS) is 10.4. The average molecular weight is 270 g/mol. The van der Waals surface area contributed by atoms with Gasteiger partial charge in [0.2, 0.25) is 0 Å². The fourth-order valence-electron chi connectivity index (χ4n) is 1.22. The van der Waals surface area contributed by atoms with Crippen molar-refractivity contribution in [1.82, 2.24) is 14.8 Å². The first-order valence-electron chi connectivity index (χ1n) is 4.10. The van der Waals surface area contributed by atoms with Crippen molar-refractivity contribution in [3.05, 3.63) is 45.4 Å². The Morgan fingerprint density at radius 3 is 3.00 bits per heavy atom. The van der Waals surface area contributed by atoms with Crippen LogP contribution in [0.15, 0.2) is 35.1 Å². The van der Waals surface area contributed by atoms with E-state index in [0.717, 1.165) is 11.0 Å². The summed E-state index contributed by atoms with van der Waals surface area (Å²) in [5, 5.41) is 6.58. The van der Waals surface area contributed by atoms with Crippen LogP contribution in [0.3, 0.4) is 0 Å². The lowest BCUT2D eigenvalue weighted by molar-refractivity contribution is 0.782. The molecule has 0 atom stereocenters. The zero-order chi connectivity index (χ0) is 9.97. The predicted octanol–water partition coefficient (Wildman–Crippen LogP) is 2.75. The van der Waals surface area contributed by atoms with E-state index in [2.05, 4.69) is 38.3 Å². The minimum atomic E-state index is 0.643. The van der Waals surface area contributed by atoms with Gasteiger partial charge in [-0.2, -0.15) is 5.10 Å². The van der Waals surface area contributed by atoms with Gasteiger partial charge in [0.25, 0.3) is 0 Å². The molecule has 1 aromatic heterocycles. The summed E-state index contributed by atoms with van der Waals surface area (Å²) < 4.78 is 3.60. The Hall–Kier alpha value is -0.940. The second kappa shape index (κ2) is 4.06. The van der Waals surface area contributed by atoms with Crippen molar-refractivity contribution in [3.8, 4) is 0 Å². The number of benzene rings is 1. The Kier molecular flexibility index (Phi) is 2.79. The predicted molar refractivity (Wildman–Crippen MR) is 60.7 cm³/mol. The average Bonchev–Trinajstić information content (AvgIpc) is 2.52. The van der Waals surface area contributed by atoms with E-state index in [0.29, 0.717) is 4.77 Å². The van der Waals surface area contributed by atoms with Gasteiger partial charge in [0.15, 0.2) is 4.77 Å². The molecule has 0 spiro atoms. The van der Waals surface area contributed by atoms with Crippen LogP contribution in [0.4, 0.5) is 0 Å². The van der Waals surface area contributed by atoms with E-state index in [1.54, 1.807) is 6.33 Å². The third-order valence-corrected chi connectivity index (χ3v) is 2.68. The molecule has 2 rings (SSSR count). The molecule has 1 aromatic carbocycles. The molecule has 0 aliphatic heterocycles. The van der Waals surface area contributed by atoms with Crippen LogP contribution in [-0.2, 0) is 6.54 Å².